The summed E-state index contributed by atoms with van der Waals surface area (Å²) in [5.41, 5.74) is 2.52. The highest BCUT2D eigenvalue weighted by Crippen LogP contribution is 2.37. The first-order chi connectivity index (χ1) is 12.7. The van der Waals surface area contributed by atoms with E-state index < -0.39 is 0 Å². The first kappa shape index (κ1) is 21.0. The van der Waals surface area contributed by atoms with Gasteiger partial charge < -0.3 is 4.74 Å². The Kier molecular flexibility index (Phi) is 9.81. The van der Waals surface area contributed by atoms with Crippen LogP contribution in [0.4, 0.5) is 0 Å². The van der Waals surface area contributed by atoms with Crippen LogP contribution in [0.25, 0.3) is 0 Å². The molecule has 2 heteroatoms. The Hall–Kier alpha value is -1.31. The summed E-state index contributed by atoms with van der Waals surface area (Å²) in [6.07, 6.45) is 15.2. The van der Waals surface area contributed by atoms with Crippen LogP contribution in [0.5, 0.6) is 0 Å². The zero-order valence-corrected chi connectivity index (χ0v) is 17.0. The van der Waals surface area contributed by atoms with Gasteiger partial charge in [-0.2, -0.15) is 0 Å². The minimum Gasteiger partial charge on any atom is -0.465 e. The molecule has 0 spiro atoms. The molecule has 0 N–H and O–H groups in total. The standard InChI is InChI=1S/C24H38O2/c1-3-5-6-7-8-9-20-10-14-22(15-11-20)23-16-12-21(13-17-23)19-24(25)26-18-4-2/h12-13,16-17,20,22H,3-11,14-15,18-19H2,1-2H3/t20-,22-. The molecule has 1 aliphatic rings. The summed E-state index contributed by atoms with van der Waals surface area (Å²) in [6.45, 7) is 4.83. The van der Waals surface area contributed by atoms with Crippen LogP contribution in [0.1, 0.15) is 102 Å². The van der Waals surface area contributed by atoms with Crippen molar-refractivity contribution in [3.63, 3.8) is 0 Å². The van der Waals surface area contributed by atoms with Crippen LogP contribution in [0.3, 0.4) is 0 Å². The van der Waals surface area contributed by atoms with E-state index in [4.69, 9.17) is 4.74 Å². The SMILES string of the molecule is CCCCCCC[C@H]1CC[C@H](c2ccc(CC(=O)OCCC)cc2)CC1. The second-order valence-corrected chi connectivity index (χ2v) is 8.06. The third kappa shape index (κ3) is 7.51. The van der Waals surface area contributed by atoms with Gasteiger partial charge in [0, 0.05) is 0 Å². The number of rotatable bonds is 11. The Labute approximate surface area is 160 Å². The molecule has 0 amide bonds. The molecule has 0 aromatic heterocycles. The molecule has 0 aliphatic heterocycles. The van der Waals surface area contributed by atoms with Gasteiger partial charge in [0.1, 0.15) is 0 Å². The molecule has 1 fully saturated rings. The van der Waals surface area contributed by atoms with Crippen molar-refractivity contribution in [2.45, 2.75) is 96.8 Å². The van der Waals surface area contributed by atoms with Crippen LogP contribution in [0, 0.1) is 5.92 Å². The van der Waals surface area contributed by atoms with Crippen molar-refractivity contribution in [1.29, 1.82) is 0 Å². The number of carbonyl (C=O) groups is 1. The number of carbonyl (C=O) groups excluding carboxylic acids is 1. The van der Waals surface area contributed by atoms with Crippen LogP contribution < -0.4 is 0 Å². The van der Waals surface area contributed by atoms with E-state index >= 15 is 0 Å². The van der Waals surface area contributed by atoms with Crippen LogP contribution in [-0.2, 0) is 16.0 Å². The number of hydrogen-bond donors (Lipinski definition) is 0. The molecular weight excluding hydrogens is 320 g/mol. The maximum absolute atomic E-state index is 11.7. The van der Waals surface area contributed by atoms with E-state index in [2.05, 4.69) is 31.2 Å². The maximum Gasteiger partial charge on any atom is 0.310 e. The van der Waals surface area contributed by atoms with Gasteiger partial charge in [-0.15, -0.1) is 0 Å². The van der Waals surface area contributed by atoms with Gasteiger partial charge in [-0.3, -0.25) is 4.79 Å². The Morgan fingerprint density at radius 1 is 0.923 bits per heavy atom. The summed E-state index contributed by atoms with van der Waals surface area (Å²) < 4.78 is 5.17. The molecule has 146 valence electrons. The van der Waals surface area contributed by atoms with E-state index in [-0.39, 0.29) is 5.97 Å². The Balaban J connectivity index is 1.69. The Morgan fingerprint density at radius 3 is 2.27 bits per heavy atom. The van der Waals surface area contributed by atoms with E-state index in [0.717, 1.165) is 17.9 Å². The highest BCUT2D eigenvalue weighted by Gasteiger charge is 2.22. The lowest BCUT2D eigenvalue weighted by atomic mass is 9.77. The third-order valence-corrected chi connectivity index (χ3v) is 5.83. The summed E-state index contributed by atoms with van der Waals surface area (Å²) in [4.78, 5) is 11.7. The van der Waals surface area contributed by atoms with E-state index in [1.165, 1.54) is 69.8 Å². The van der Waals surface area contributed by atoms with Gasteiger partial charge in [0.15, 0.2) is 0 Å². The highest BCUT2D eigenvalue weighted by atomic mass is 16.5. The average Bonchev–Trinajstić information content (AvgIpc) is 2.67. The fourth-order valence-corrected chi connectivity index (χ4v) is 4.16. The lowest BCUT2D eigenvalue weighted by Crippen LogP contribution is -2.13. The summed E-state index contributed by atoms with van der Waals surface area (Å²) >= 11 is 0. The van der Waals surface area contributed by atoms with Gasteiger partial charge in [0.05, 0.1) is 13.0 Å². The Bertz CT molecular complexity index is 497. The fraction of sp³-hybridized carbons (Fsp3) is 0.708. The average molecular weight is 359 g/mol. The molecule has 26 heavy (non-hydrogen) atoms. The normalized spacial score (nSPS) is 20.1. The van der Waals surface area contributed by atoms with Crippen LogP contribution in [0.15, 0.2) is 24.3 Å². The highest BCUT2D eigenvalue weighted by molar-refractivity contribution is 5.72. The molecule has 0 radical (unpaired) electrons. The van der Waals surface area contributed by atoms with Crippen molar-refractivity contribution in [2.75, 3.05) is 6.61 Å². The second-order valence-electron chi connectivity index (χ2n) is 8.06. The number of hydrogen-bond acceptors (Lipinski definition) is 2. The van der Waals surface area contributed by atoms with E-state index in [9.17, 15) is 4.79 Å². The summed E-state index contributed by atoms with van der Waals surface area (Å²) in [6, 6.07) is 8.70. The molecule has 2 rings (SSSR count). The summed E-state index contributed by atoms with van der Waals surface area (Å²) in [5, 5.41) is 0. The molecule has 1 aliphatic carbocycles. The van der Waals surface area contributed by atoms with Crippen LogP contribution >= 0.6 is 0 Å². The van der Waals surface area contributed by atoms with Crippen molar-refractivity contribution in [3.8, 4) is 0 Å². The lowest BCUT2D eigenvalue weighted by Gasteiger charge is -2.29. The molecule has 0 heterocycles. The summed E-state index contributed by atoms with van der Waals surface area (Å²) in [5.74, 6) is 1.56. The van der Waals surface area contributed by atoms with Gasteiger partial charge in [-0.25, -0.2) is 0 Å². The van der Waals surface area contributed by atoms with Gasteiger partial charge in [-0.1, -0.05) is 76.6 Å². The molecule has 1 aromatic carbocycles. The fourth-order valence-electron chi connectivity index (χ4n) is 4.16. The smallest absolute Gasteiger partial charge is 0.310 e. The molecule has 2 nitrogen and oxygen atoms in total. The molecule has 1 aromatic rings. The monoisotopic (exact) mass is 358 g/mol. The largest absolute Gasteiger partial charge is 0.465 e. The predicted octanol–water partition coefficient (Wildman–Crippen LogP) is 6.82. The molecule has 0 bridgehead atoms. The predicted molar refractivity (Wildman–Crippen MR) is 109 cm³/mol. The minimum atomic E-state index is -0.112. The minimum absolute atomic E-state index is 0.112. The van der Waals surface area contributed by atoms with Crippen molar-refractivity contribution in [2.24, 2.45) is 5.92 Å². The topological polar surface area (TPSA) is 26.3 Å². The molecular formula is C24H38O2. The van der Waals surface area contributed by atoms with Gasteiger partial charge in [-0.05, 0) is 55.1 Å². The zero-order valence-electron chi connectivity index (χ0n) is 17.0. The zero-order chi connectivity index (χ0) is 18.6. The van der Waals surface area contributed by atoms with Crippen LogP contribution in [0.2, 0.25) is 0 Å². The van der Waals surface area contributed by atoms with Gasteiger partial charge in [0.2, 0.25) is 0 Å². The van der Waals surface area contributed by atoms with E-state index in [0.29, 0.717) is 18.9 Å². The van der Waals surface area contributed by atoms with Crippen molar-refractivity contribution in [1.82, 2.24) is 0 Å². The first-order valence-corrected chi connectivity index (χ1v) is 11.0. The Morgan fingerprint density at radius 2 is 1.62 bits per heavy atom. The van der Waals surface area contributed by atoms with E-state index in [1.54, 1.807) is 0 Å². The van der Waals surface area contributed by atoms with Crippen molar-refractivity contribution < 1.29 is 9.53 Å². The van der Waals surface area contributed by atoms with Crippen LogP contribution in [-0.4, -0.2) is 12.6 Å². The molecule has 0 saturated heterocycles. The van der Waals surface area contributed by atoms with Crippen molar-refractivity contribution in [3.05, 3.63) is 35.4 Å². The molecule has 0 unspecified atom stereocenters. The quantitative estimate of drug-likeness (QED) is 0.320. The summed E-state index contributed by atoms with van der Waals surface area (Å²) in [7, 11) is 0. The number of benzene rings is 1. The van der Waals surface area contributed by atoms with Crippen molar-refractivity contribution >= 4 is 5.97 Å². The van der Waals surface area contributed by atoms with Gasteiger partial charge >= 0.3 is 5.97 Å². The first-order valence-electron chi connectivity index (χ1n) is 11.0. The van der Waals surface area contributed by atoms with Gasteiger partial charge in [0.25, 0.3) is 0 Å². The molecule has 0 atom stereocenters. The third-order valence-electron chi connectivity index (χ3n) is 5.83. The number of ether oxygens (including phenoxy) is 1. The number of unbranched alkanes of at least 4 members (excludes halogenated alkanes) is 4. The lowest BCUT2D eigenvalue weighted by molar-refractivity contribution is -0.142. The number of esters is 1. The maximum atomic E-state index is 11.7. The van der Waals surface area contributed by atoms with E-state index in [1.807, 2.05) is 6.92 Å². The second kappa shape index (κ2) is 12.1. The molecule has 1 saturated carbocycles.